The summed E-state index contributed by atoms with van der Waals surface area (Å²) in [5, 5.41) is 17.4. The predicted octanol–water partition coefficient (Wildman–Crippen LogP) is 4.98. The summed E-state index contributed by atoms with van der Waals surface area (Å²) >= 11 is 0. The third-order valence-electron chi connectivity index (χ3n) is 7.64. The van der Waals surface area contributed by atoms with Gasteiger partial charge in [-0.1, -0.05) is 24.8 Å². The van der Waals surface area contributed by atoms with Gasteiger partial charge in [-0.3, -0.25) is 4.79 Å². The molecule has 226 valence electrons. The van der Waals surface area contributed by atoms with Crippen molar-refractivity contribution in [2.24, 2.45) is 0 Å². The molecule has 43 heavy (non-hydrogen) atoms. The molecule has 0 saturated carbocycles. The molecular weight excluding hydrogens is 542 g/mol. The highest BCUT2D eigenvalue weighted by Gasteiger charge is 2.22. The number of carbonyl (C=O) groups excluding carboxylic acids is 1. The van der Waals surface area contributed by atoms with E-state index in [4.69, 9.17) is 9.72 Å². The summed E-state index contributed by atoms with van der Waals surface area (Å²) < 4.78 is 8.29. The monoisotopic (exact) mass is 583 g/mol. The molecular formula is C33H41N7O3. The van der Waals surface area contributed by atoms with E-state index in [9.17, 15) is 9.90 Å². The Morgan fingerprint density at radius 1 is 1.23 bits per heavy atom. The lowest BCUT2D eigenvalue weighted by Gasteiger charge is -2.25. The number of nitrogens with zero attached hydrogens (tertiary/aromatic N) is 5. The second kappa shape index (κ2) is 12.8. The van der Waals surface area contributed by atoms with E-state index in [1.54, 1.807) is 13.1 Å². The van der Waals surface area contributed by atoms with E-state index in [0.29, 0.717) is 23.1 Å². The molecule has 1 unspecified atom stereocenters. The predicted molar refractivity (Wildman–Crippen MR) is 174 cm³/mol. The fourth-order valence-corrected chi connectivity index (χ4v) is 5.40. The van der Waals surface area contributed by atoms with E-state index in [-0.39, 0.29) is 12.5 Å². The van der Waals surface area contributed by atoms with Crippen molar-refractivity contribution < 1.29 is 14.6 Å². The lowest BCUT2D eigenvalue weighted by molar-refractivity contribution is -0.111. The summed E-state index contributed by atoms with van der Waals surface area (Å²) in [6.07, 6.45) is 6.55. The number of aryl methyl sites for hydroxylation is 3. The highest BCUT2D eigenvalue weighted by Crippen LogP contribution is 2.39. The number of hydrogen-bond acceptors (Lipinski definition) is 8. The molecule has 0 radical (unpaired) electrons. The normalized spacial score (nSPS) is 13.2. The summed E-state index contributed by atoms with van der Waals surface area (Å²) in [7, 11) is 6.08. The van der Waals surface area contributed by atoms with Crippen LogP contribution in [-0.4, -0.2) is 77.4 Å². The Labute approximate surface area is 253 Å². The van der Waals surface area contributed by atoms with Crippen molar-refractivity contribution in [1.29, 1.82) is 0 Å². The minimum Gasteiger partial charge on any atom is -0.487 e. The summed E-state index contributed by atoms with van der Waals surface area (Å²) in [6, 6.07) is 10.3. The topological polar surface area (TPSA) is 108 Å². The quantitative estimate of drug-likeness (QED) is 0.201. The Hall–Kier alpha value is -4.41. The summed E-state index contributed by atoms with van der Waals surface area (Å²) in [5.74, 6) is 0.608. The van der Waals surface area contributed by atoms with Crippen molar-refractivity contribution >= 4 is 39.8 Å². The number of aliphatic hydroxyl groups excluding tert-OH is 1. The van der Waals surface area contributed by atoms with Gasteiger partial charge in [-0.15, -0.1) is 0 Å². The van der Waals surface area contributed by atoms with Gasteiger partial charge in [0, 0.05) is 49.5 Å². The third kappa shape index (κ3) is 6.65. The Kier molecular flexibility index (Phi) is 8.98. The third-order valence-corrected chi connectivity index (χ3v) is 7.64. The first-order valence-corrected chi connectivity index (χ1v) is 14.6. The maximum absolute atomic E-state index is 12.4. The summed E-state index contributed by atoms with van der Waals surface area (Å²) in [6.45, 7) is 10.0. The second-order valence-electron chi connectivity index (χ2n) is 11.4. The van der Waals surface area contributed by atoms with Gasteiger partial charge in [-0.05, 0) is 70.1 Å². The van der Waals surface area contributed by atoms with Crippen LogP contribution in [-0.2, 0) is 17.8 Å². The zero-order valence-corrected chi connectivity index (χ0v) is 25.6. The van der Waals surface area contributed by atoms with Crippen LogP contribution < -0.4 is 20.3 Å². The van der Waals surface area contributed by atoms with Crippen molar-refractivity contribution in [1.82, 2.24) is 19.4 Å². The molecule has 1 atom stereocenters. The molecule has 0 bridgehead atoms. The Morgan fingerprint density at radius 3 is 2.79 bits per heavy atom. The molecule has 2 aromatic heterocycles. The van der Waals surface area contributed by atoms with Crippen LogP contribution in [0.1, 0.15) is 24.5 Å². The average Bonchev–Trinajstić information content (AvgIpc) is 3.36. The van der Waals surface area contributed by atoms with E-state index >= 15 is 0 Å². The molecule has 3 N–H and O–H groups in total. The molecule has 2 aromatic carbocycles. The van der Waals surface area contributed by atoms with Crippen LogP contribution in [0.3, 0.4) is 0 Å². The van der Waals surface area contributed by atoms with Crippen LogP contribution in [0.15, 0.2) is 55.4 Å². The number of aliphatic hydroxyl groups is 1. The van der Waals surface area contributed by atoms with Crippen LogP contribution in [0.5, 0.6) is 5.75 Å². The summed E-state index contributed by atoms with van der Waals surface area (Å²) in [5.41, 5.74) is 7.45. The molecule has 10 nitrogen and oxygen atoms in total. The van der Waals surface area contributed by atoms with Gasteiger partial charge in [0.1, 0.15) is 12.3 Å². The number of ether oxygens (including phenoxy) is 1. The Balaban J connectivity index is 1.55. The number of carbonyl (C=O) groups is 1. The fraction of sp³-hybridized carbons (Fsp3) is 0.364. The van der Waals surface area contributed by atoms with E-state index in [1.165, 1.54) is 17.2 Å². The molecule has 0 spiro atoms. The maximum Gasteiger partial charge on any atom is 0.247 e. The average molecular weight is 584 g/mol. The van der Waals surface area contributed by atoms with E-state index in [1.807, 2.05) is 40.2 Å². The number of likely N-dealkylation sites (N-methyl/N-ethyl adjacent to an activating group) is 2. The van der Waals surface area contributed by atoms with Gasteiger partial charge in [0.05, 0.1) is 29.2 Å². The van der Waals surface area contributed by atoms with Crippen molar-refractivity contribution in [3.8, 4) is 17.0 Å². The number of amides is 1. The lowest BCUT2D eigenvalue weighted by Crippen LogP contribution is -2.29. The number of hydrogen-bond donors (Lipinski definition) is 3. The molecule has 3 heterocycles. The minimum absolute atomic E-state index is 0.126. The van der Waals surface area contributed by atoms with Crippen molar-refractivity contribution in [2.45, 2.75) is 39.3 Å². The van der Waals surface area contributed by atoms with Crippen LogP contribution in [0.25, 0.3) is 22.2 Å². The van der Waals surface area contributed by atoms with Crippen LogP contribution in [0.4, 0.5) is 23.0 Å². The highest BCUT2D eigenvalue weighted by molar-refractivity contribution is 6.02. The first kappa shape index (κ1) is 30.1. The van der Waals surface area contributed by atoms with E-state index in [0.717, 1.165) is 60.4 Å². The van der Waals surface area contributed by atoms with Crippen LogP contribution >= 0.6 is 0 Å². The van der Waals surface area contributed by atoms with Gasteiger partial charge in [0.15, 0.2) is 5.75 Å². The Bertz CT molecular complexity index is 1640. The van der Waals surface area contributed by atoms with E-state index in [2.05, 4.69) is 61.0 Å². The maximum atomic E-state index is 12.4. The standard InChI is InChI=1S/C33H41N7O3/c1-7-30(42)35-27-17-26(21(2)16-28(27)39(6)15-14-38(4)5)36-33-34-18-29(43-20-22(3)41)31(37-33)25-19-40-13-9-11-23-10-8-12-24(25)32(23)40/h7-8,10,12,16-19,22,41H,1,9,11,13-15,20H2,2-6H3,(H,35,42)(H,34,36,37). The molecule has 10 heteroatoms. The van der Waals surface area contributed by atoms with Gasteiger partial charge >= 0.3 is 0 Å². The number of anilines is 4. The molecule has 5 rings (SSSR count). The number of aromatic nitrogens is 3. The first-order chi connectivity index (χ1) is 20.6. The fourth-order valence-electron chi connectivity index (χ4n) is 5.40. The molecule has 4 aromatic rings. The largest absolute Gasteiger partial charge is 0.487 e. The number of nitrogens with one attached hydrogen (secondary N) is 2. The Morgan fingerprint density at radius 2 is 2.05 bits per heavy atom. The van der Waals surface area contributed by atoms with Crippen molar-refractivity contribution in [3.05, 3.63) is 66.5 Å². The minimum atomic E-state index is -0.637. The summed E-state index contributed by atoms with van der Waals surface area (Å²) in [4.78, 5) is 26.1. The smallest absolute Gasteiger partial charge is 0.247 e. The van der Waals surface area contributed by atoms with Crippen molar-refractivity contribution in [3.63, 3.8) is 0 Å². The van der Waals surface area contributed by atoms with Gasteiger partial charge in [-0.25, -0.2) is 9.97 Å². The van der Waals surface area contributed by atoms with E-state index < -0.39 is 6.10 Å². The number of rotatable bonds is 12. The second-order valence-corrected chi connectivity index (χ2v) is 11.4. The van der Waals surface area contributed by atoms with Gasteiger partial charge in [-0.2, -0.15) is 0 Å². The molecule has 1 aliphatic heterocycles. The van der Waals surface area contributed by atoms with Gasteiger partial charge in [0.2, 0.25) is 11.9 Å². The van der Waals surface area contributed by atoms with Gasteiger partial charge < -0.3 is 34.8 Å². The zero-order chi connectivity index (χ0) is 30.7. The van der Waals surface area contributed by atoms with Crippen molar-refractivity contribution in [2.75, 3.05) is 56.4 Å². The van der Waals surface area contributed by atoms with Crippen LogP contribution in [0, 0.1) is 6.92 Å². The molecule has 0 fully saturated rings. The van der Waals surface area contributed by atoms with Gasteiger partial charge in [0.25, 0.3) is 0 Å². The molecule has 1 amide bonds. The molecule has 1 aliphatic rings. The first-order valence-electron chi connectivity index (χ1n) is 14.6. The molecule has 0 aliphatic carbocycles. The molecule has 0 saturated heterocycles. The number of para-hydroxylation sites is 1. The lowest BCUT2D eigenvalue weighted by atomic mass is 10.0. The highest BCUT2D eigenvalue weighted by atomic mass is 16.5. The zero-order valence-electron chi connectivity index (χ0n) is 25.6. The van der Waals surface area contributed by atoms with Crippen LogP contribution in [0.2, 0.25) is 0 Å². The number of benzene rings is 2. The SMILES string of the molecule is C=CC(=O)Nc1cc(Nc2ncc(OCC(C)O)c(-c3cn4c5c(cccc35)CCC4)n2)c(C)cc1N(C)CCN(C)C.